The molecule has 0 aliphatic carbocycles. The van der Waals surface area contributed by atoms with Crippen LogP contribution in [-0.4, -0.2) is 60.8 Å². The fraction of sp³-hybridized carbons (Fsp3) is 0.684. The summed E-state index contributed by atoms with van der Waals surface area (Å²) in [6, 6.07) is 2.74. The highest BCUT2D eigenvalue weighted by Crippen LogP contribution is 2.23. The van der Waals surface area contributed by atoms with Gasteiger partial charge in [-0.25, -0.2) is 0 Å². The second kappa shape index (κ2) is 8.25. The molecule has 1 unspecified atom stereocenters. The lowest BCUT2D eigenvalue weighted by Crippen LogP contribution is -2.46. The standard InChI is InChI=1S/C19H32N2O2/c1-14-10-15(2)19(13-22)17(4)18(14)12-20(5)11-16(3)21-6-8-23-9-7-21/h10,16,22H,6-9,11-13H2,1-5H3. The van der Waals surface area contributed by atoms with Crippen molar-refractivity contribution in [1.29, 1.82) is 0 Å². The van der Waals surface area contributed by atoms with E-state index in [0.29, 0.717) is 6.04 Å². The molecule has 130 valence electrons. The highest BCUT2D eigenvalue weighted by Gasteiger charge is 2.19. The smallest absolute Gasteiger partial charge is 0.0687 e. The number of aryl methyl sites for hydroxylation is 2. The molecular weight excluding hydrogens is 288 g/mol. The van der Waals surface area contributed by atoms with Crippen molar-refractivity contribution in [3.8, 4) is 0 Å². The lowest BCUT2D eigenvalue weighted by molar-refractivity contribution is 0.0137. The molecule has 1 fully saturated rings. The number of likely N-dealkylation sites (N-methyl/N-ethyl adjacent to an activating group) is 1. The van der Waals surface area contributed by atoms with Crippen molar-refractivity contribution in [1.82, 2.24) is 9.80 Å². The Morgan fingerprint density at radius 3 is 2.39 bits per heavy atom. The zero-order chi connectivity index (χ0) is 17.0. The fourth-order valence-corrected chi connectivity index (χ4v) is 3.68. The topological polar surface area (TPSA) is 35.9 Å². The largest absolute Gasteiger partial charge is 0.392 e. The van der Waals surface area contributed by atoms with Gasteiger partial charge in [0.1, 0.15) is 0 Å². The van der Waals surface area contributed by atoms with E-state index in [1.54, 1.807) is 0 Å². The number of benzene rings is 1. The summed E-state index contributed by atoms with van der Waals surface area (Å²) in [7, 11) is 2.19. The summed E-state index contributed by atoms with van der Waals surface area (Å²) in [5.41, 5.74) is 6.20. The van der Waals surface area contributed by atoms with Crippen LogP contribution in [0.15, 0.2) is 6.07 Å². The maximum Gasteiger partial charge on any atom is 0.0687 e. The van der Waals surface area contributed by atoms with Crippen LogP contribution in [0.25, 0.3) is 0 Å². The van der Waals surface area contributed by atoms with Gasteiger partial charge in [0, 0.05) is 32.2 Å². The zero-order valence-corrected chi connectivity index (χ0v) is 15.4. The molecule has 1 aromatic carbocycles. The van der Waals surface area contributed by atoms with Crippen LogP contribution in [0.3, 0.4) is 0 Å². The first-order chi connectivity index (χ1) is 10.9. The van der Waals surface area contributed by atoms with Crippen LogP contribution < -0.4 is 0 Å². The molecule has 4 nitrogen and oxygen atoms in total. The van der Waals surface area contributed by atoms with E-state index >= 15 is 0 Å². The Morgan fingerprint density at radius 1 is 1.17 bits per heavy atom. The third kappa shape index (κ3) is 4.54. The van der Waals surface area contributed by atoms with Crippen molar-refractivity contribution in [2.24, 2.45) is 0 Å². The molecule has 0 amide bonds. The second-order valence-electron chi connectivity index (χ2n) is 6.94. The lowest BCUT2D eigenvalue weighted by Gasteiger charge is -2.34. The number of rotatable bonds is 6. The van der Waals surface area contributed by atoms with Gasteiger partial charge in [-0.2, -0.15) is 0 Å². The van der Waals surface area contributed by atoms with E-state index in [0.717, 1.165) is 45.0 Å². The highest BCUT2D eigenvalue weighted by molar-refractivity contribution is 5.44. The molecule has 1 heterocycles. The Kier molecular flexibility index (Phi) is 6.60. The van der Waals surface area contributed by atoms with E-state index in [2.05, 4.69) is 50.6 Å². The lowest BCUT2D eigenvalue weighted by atomic mass is 9.93. The number of aliphatic hydroxyl groups is 1. The predicted octanol–water partition coefficient (Wildman–Crippen LogP) is 2.26. The summed E-state index contributed by atoms with van der Waals surface area (Å²) in [6.07, 6.45) is 0. The normalized spacial score (nSPS) is 17.7. The summed E-state index contributed by atoms with van der Waals surface area (Å²) >= 11 is 0. The van der Waals surface area contributed by atoms with Gasteiger partial charge in [-0.15, -0.1) is 0 Å². The van der Waals surface area contributed by atoms with E-state index in [1.807, 2.05) is 0 Å². The molecule has 1 aromatic rings. The molecule has 0 saturated carbocycles. The van der Waals surface area contributed by atoms with Gasteiger partial charge >= 0.3 is 0 Å². The third-order valence-corrected chi connectivity index (χ3v) is 5.12. The van der Waals surface area contributed by atoms with Crippen LogP contribution in [0.4, 0.5) is 0 Å². The van der Waals surface area contributed by atoms with E-state index in [1.165, 1.54) is 22.3 Å². The molecule has 23 heavy (non-hydrogen) atoms. The van der Waals surface area contributed by atoms with Gasteiger partial charge in [-0.05, 0) is 62.6 Å². The number of hydrogen-bond donors (Lipinski definition) is 1. The quantitative estimate of drug-likeness (QED) is 0.872. The molecule has 1 saturated heterocycles. The Hall–Kier alpha value is -0.940. The van der Waals surface area contributed by atoms with Crippen molar-refractivity contribution < 1.29 is 9.84 Å². The monoisotopic (exact) mass is 320 g/mol. The molecule has 0 spiro atoms. The molecule has 0 bridgehead atoms. The van der Waals surface area contributed by atoms with Crippen LogP contribution in [0.2, 0.25) is 0 Å². The first-order valence-electron chi connectivity index (χ1n) is 8.63. The Bertz CT molecular complexity index is 525. The minimum Gasteiger partial charge on any atom is -0.392 e. The number of ether oxygens (including phenoxy) is 1. The average molecular weight is 320 g/mol. The molecule has 1 N–H and O–H groups in total. The number of nitrogens with zero attached hydrogens (tertiary/aromatic N) is 2. The van der Waals surface area contributed by atoms with Gasteiger partial charge in [0.25, 0.3) is 0 Å². The van der Waals surface area contributed by atoms with Crippen LogP contribution in [0, 0.1) is 20.8 Å². The fourth-order valence-electron chi connectivity index (χ4n) is 3.68. The first-order valence-corrected chi connectivity index (χ1v) is 8.63. The van der Waals surface area contributed by atoms with Crippen molar-refractivity contribution in [2.45, 2.75) is 46.9 Å². The molecule has 1 aliphatic heterocycles. The summed E-state index contributed by atoms with van der Waals surface area (Å²) in [4.78, 5) is 4.90. The molecule has 0 aromatic heterocycles. The number of hydrogen-bond acceptors (Lipinski definition) is 4. The van der Waals surface area contributed by atoms with Gasteiger partial charge in [0.05, 0.1) is 19.8 Å². The molecule has 1 atom stereocenters. The van der Waals surface area contributed by atoms with Crippen LogP contribution in [-0.2, 0) is 17.9 Å². The average Bonchev–Trinajstić information content (AvgIpc) is 2.52. The van der Waals surface area contributed by atoms with Gasteiger partial charge in [0.2, 0.25) is 0 Å². The molecule has 0 radical (unpaired) electrons. The highest BCUT2D eigenvalue weighted by atomic mass is 16.5. The van der Waals surface area contributed by atoms with Gasteiger partial charge in [0.15, 0.2) is 0 Å². The minimum absolute atomic E-state index is 0.124. The van der Waals surface area contributed by atoms with Crippen molar-refractivity contribution >= 4 is 0 Å². The second-order valence-corrected chi connectivity index (χ2v) is 6.94. The molecule has 2 rings (SSSR count). The van der Waals surface area contributed by atoms with Crippen molar-refractivity contribution in [3.63, 3.8) is 0 Å². The maximum absolute atomic E-state index is 9.63. The summed E-state index contributed by atoms with van der Waals surface area (Å²) in [5, 5.41) is 9.63. The molecule has 4 heteroatoms. The SMILES string of the molecule is Cc1cc(C)c(CN(C)CC(C)N2CCOCC2)c(C)c1CO. The van der Waals surface area contributed by atoms with Crippen LogP contribution in [0.5, 0.6) is 0 Å². The van der Waals surface area contributed by atoms with E-state index in [9.17, 15) is 5.11 Å². The minimum atomic E-state index is 0.124. The number of aliphatic hydroxyl groups excluding tert-OH is 1. The Morgan fingerprint density at radius 2 is 1.78 bits per heavy atom. The van der Waals surface area contributed by atoms with Crippen LogP contribution >= 0.6 is 0 Å². The third-order valence-electron chi connectivity index (χ3n) is 5.12. The summed E-state index contributed by atoms with van der Waals surface area (Å²) in [5.74, 6) is 0. The van der Waals surface area contributed by atoms with Crippen LogP contribution in [0.1, 0.15) is 34.7 Å². The molecular formula is C19H32N2O2. The summed E-state index contributed by atoms with van der Waals surface area (Å²) < 4.78 is 5.44. The first kappa shape index (κ1) is 18.4. The van der Waals surface area contributed by atoms with E-state index in [-0.39, 0.29) is 6.61 Å². The summed E-state index contributed by atoms with van der Waals surface area (Å²) in [6.45, 7) is 14.6. The zero-order valence-electron chi connectivity index (χ0n) is 15.4. The van der Waals surface area contributed by atoms with Gasteiger partial charge in [-0.3, -0.25) is 4.90 Å². The number of morpholine rings is 1. The van der Waals surface area contributed by atoms with E-state index < -0.39 is 0 Å². The van der Waals surface area contributed by atoms with Crippen molar-refractivity contribution in [2.75, 3.05) is 39.9 Å². The van der Waals surface area contributed by atoms with E-state index in [4.69, 9.17) is 4.74 Å². The maximum atomic E-state index is 9.63. The van der Waals surface area contributed by atoms with Gasteiger partial charge in [-0.1, -0.05) is 6.07 Å². The van der Waals surface area contributed by atoms with Gasteiger partial charge < -0.3 is 14.7 Å². The van der Waals surface area contributed by atoms with Crippen molar-refractivity contribution in [3.05, 3.63) is 33.9 Å². The molecule has 1 aliphatic rings. The predicted molar refractivity (Wildman–Crippen MR) is 94.8 cm³/mol. The Balaban J connectivity index is 2.03. The Labute approximate surface area is 141 Å².